The van der Waals surface area contributed by atoms with Gasteiger partial charge < -0.3 is 9.13 Å². The molecule has 0 bridgehead atoms. The van der Waals surface area contributed by atoms with Gasteiger partial charge in [0.2, 0.25) is 0 Å². The van der Waals surface area contributed by atoms with E-state index in [9.17, 15) is 0 Å². The fourth-order valence-electron chi connectivity index (χ4n) is 7.70. The molecule has 10 aromatic rings. The molecule has 2 heterocycles. The van der Waals surface area contributed by atoms with E-state index in [-0.39, 0.29) is 0 Å². The van der Waals surface area contributed by atoms with Gasteiger partial charge in [-0.3, -0.25) is 0 Å². The summed E-state index contributed by atoms with van der Waals surface area (Å²) in [5.41, 5.74) is 12.1. The highest BCUT2D eigenvalue weighted by atomic mass is 15.0. The minimum atomic E-state index is 1.16. The number of rotatable bonds is 4. The summed E-state index contributed by atoms with van der Waals surface area (Å²) in [5, 5.41) is 7.56. The van der Waals surface area contributed by atoms with E-state index in [2.05, 4.69) is 191 Å². The van der Waals surface area contributed by atoms with E-state index in [0.29, 0.717) is 0 Å². The zero-order chi connectivity index (χ0) is 31.6. The third kappa shape index (κ3) is 4.06. The fourth-order valence-corrected chi connectivity index (χ4v) is 7.70. The predicted molar refractivity (Wildman–Crippen MR) is 203 cm³/mol. The van der Waals surface area contributed by atoms with Crippen molar-refractivity contribution in [3.63, 3.8) is 0 Å². The summed E-state index contributed by atoms with van der Waals surface area (Å²) in [4.78, 5) is 0. The van der Waals surface area contributed by atoms with E-state index < -0.39 is 0 Å². The average Bonchev–Trinajstić information content (AvgIpc) is 3.68. The predicted octanol–water partition coefficient (Wildman–Crippen LogP) is 12.4. The minimum absolute atomic E-state index is 1.16. The van der Waals surface area contributed by atoms with Gasteiger partial charge in [-0.1, -0.05) is 121 Å². The second-order valence-corrected chi connectivity index (χ2v) is 12.6. The van der Waals surface area contributed by atoms with Crippen molar-refractivity contribution < 1.29 is 0 Å². The number of benzene rings is 8. The van der Waals surface area contributed by atoms with Gasteiger partial charge >= 0.3 is 0 Å². The molecule has 10 rings (SSSR count). The molecule has 0 spiro atoms. The Morgan fingerprint density at radius 1 is 0.271 bits per heavy atom. The molecule has 0 amide bonds. The maximum atomic E-state index is 2.45. The number of fused-ring (bicyclic) bond motifs is 8. The quantitative estimate of drug-likeness (QED) is 0.188. The molecule has 224 valence electrons. The Balaban J connectivity index is 1.27. The summed E-state index contributed by atoms with van der Waals surface area (Å²) in [6.45, 7) is 0. The summed E-state index contributed by atoms with van der Waals surface area (Å²) in [6, 6.07) is 66.2. The molecule has 0 aliphatic heterocycles. The normalized spacial score (nSPS) is 11.8. The Hall–Kier alpha value is -6.38. The van der Waals surface area contributed by atoms with Gasteiger partial charge in [0.1, 0.15) is 0 Å². The van der Waals surface area contributed by atoms with Crippen LogP contribution in [-0.2, 0) is 0 Å². The maximum Gasteiger partial charge on any atom is 0.0548 e. The molecule has 0 saturated carbocycles. The summed E-state index contributed by atoms with van der Waals surface area (Å²) >= 11 is 0. The molecule has 0 aliphatic rings. The van der Waals surface area contributed by atoms with Gasteiger partial charge in [-0.05, 0) is 93.7 Å². The summed E-state index contributed by atoms with van der Waals surface area (Å²) < 4.78 is 4.87. The van der Waals surface area contributed by atoms with E-state index >= 15 is 0 Å². The van der Waals surface area contributed by atoms with Crippen LogP contribution in [0.2, 0.25) is 0 Å². The molecule has 0 radical (unpaired) electrons. The first-order valence-corrected chi connectivity index (χ1v) is 16.5. The molecule has 0 fully saturated rings. The van der Waals surface area contributed by atoms with Crippen LogP contribution in [0.1, 0.15) is 0 Å². The fraction of sp³-hybridized carbons (Fsp3) is 0. The van der Waals surface area contributed by atoms with Gasteiger partial charge in [0.05, 0.1) is 22.1 Å². The lowest BCUT2D eigenvalue weighted by molar-refractivity contribution is 1.17. The van der Waals surface area contributed by atoms with Crippen LogP contribution in [-0.4, -0.2) is 9.13 Å². The molecule has 0 N–H and O–H groups in total. The zero-order valence-electron chi connectivity index (χ0n) is 26.2. The van der Waals surface area contributed by atoms with Gasteiger partial charge in [-0.25, -0.2) is 0 Å². The Morgan fingerprint density at radius 2 is 0.771 bits per heavy atom. The van der Waals surface area contributed by atoms with Crippen LogP contribution in [0.4, 0.5) is 0 Å². The Labute approximate surface area is 278 Å². The number of hydrogen-bond donors (Lipinski definition) is 0. The van der Waals surface area contributed by atoms with Crippen molar-refractivity contribution >= 4 is 54.4 Å². The number of para-hydroxylation sites is 2. The summed E-state index contributed by atoms with van der Waals surface area (Å²) in [5.74, 6) is 0. The van der Waals surface area contributed by atoms with Crippen LogP contribution in [0.5, 0.6) is 0 Å². The SMILES string of the molecule is c1ccc(-c2ccc3cc(-n4c5ccccc5c5c6c7cc(-c8ccccc8)ccc7n(-c7ccccc7)c6ccc54)ccc3c2)cc1. The van der Waals surface area contributed by atoms with E-state index in [4.69, 9.17) is 0 Å². The Bertz CT molecular complexity index is 2810. The van der Waals surface area contributed by atoms with Gasteiger partial charge in [-0.2, -0.15) is 0 Å². The van der Waals surface area contributed by atoms with E-state index in [1.54, 1.807) is 0 Å². The van der Waals surface area contributed by atoms with Crippen molar-refractivity contribution in [2.45, 2.75) is 0 Å². The standard InChI is InChI=1S/C46H30N2/c1-4-12-31(13-5-1)33-20-21-35-29-38(24-22-34(35)28-33)48-41-19-11-10-18-39(41)45-43(48)26-27-44-46(45)40-30-36(32-14-6-2-7-15-32)23-25-42(40)47(44)37-16-8-3-9-17-37/h1-30H. The van der Waals surface area contributed by atoms with E-state index in [0.717, 1.165) is 11.4 Å². The first-order chi connectivity index (χ1) is 23.8. The lowest BCUT2D eigenvalue weighted by Gasteiger charge is -2.11. The molecule has 0 atom stereocenters. The summed E-state index contributed by atoms with van der Waals surface area (Å²) in [7, 11) is 0. The largest absolute Gasteiger partial charge is 0.309 e. The first kappa shape index (κ1) is 26.8. The van der Waals surface area contributed by atoms with Crippen molar-refractivity contribution in [1.29, 1.82) is 0 Å². The van der Waals surface area contributed by atoms with Crippen molar-refractivity contribution in [3.05, 3.63) is 182 Å². The average molecular weight is 611 g/mol. The van der Waals surface area contributed by atoms with Crippen molar-refractivity contribution in [3.8, 4) is 33.6 Å². The van der Waals surface area contributed by atoms with Gasteiger partial charge in [0, 0.05) is 32.9 Å². The van der Waals surface area contributed by atoms with Crippen molar-refractivity contribution in [1.82, 2.24) is 9.13 Å². The molecule has 48 heavy (non-hydrogen) atoms. The highest BCUT2D eigenvalue weighted by Gasteiger charge is 2.21. The monoisotopic (exact) mass is 610 g/mol. The number of hydrogen-bond acceptors (Lipinski definition) is 0. The second kappa shape index (κ2) is 10.6. The van der Waals surface area contributed by atoms with E-state index in [1.165, 1.54) is 76.6 Å². The molecular weight excluding hydrogens is 581 g/mol. The van der Waals surface area contributed by atoms with Gasteiger partial charge in [-0.15, -0.1) is 0 Å². The topological polar surface area (TPSA) is 9.86 Å². The lowest BCUT2D eigenvalue weighted by atomic mass is 10.0. The van der Waals surface area contributed by atoms with Crippen LogP contribution in [0.3, 0.4) is 0 Å². The van der Waals surface area contributed by atoms with Crippen LogP contribution in [0.25, 0.3) is 88.0 Å². The van der Waals surface area contributed by atoms with Crippen LogP contribution < -0.4 is 0 Å². The molecule has 2 aromatic heterocycles. The third-order valence-corrected chi connectivity index (χ3v) is 9.87. The highest BCUT2D eigenvalue weighted by molar-refractivity contribution is 6.29. The zero-order valence-corrected chi connectivity index (χ0v) is 26.2. The maximum absolute atomic E-state index is 2.45. The lowest BCUT2D eigenvalue weighted by Crippen LogP contribution is -1.95. The summed E-state index contributed by atoms with van der Waals surface area (Å²) in [6.07, 6.45) is 0. The number of aromatic nitrogens is 2. The van der Waals surface area contributed by atoms with E-state index in [1.807, 2.05) is 0 Å². The molecule has 0 aliphatic carbocycles. The molecule has 0 saturated heterocycles. The molecule has 8 aromatic carbocycles. The van der Waals surface area contributed by atoms with Crippen LogP contribution >= 0.6 is 0 Å². The van der Waals surface area contributed by atoms with Crippen LogP contribution in [0, 0.1) is 0 Å². The second-order valence-electron chi connectivity index (χ2n) is 12.6. The smallest absolute Gasteiger partial charge is 0.0548 e. The van der Waals surface area contributed by atoms with Crippen LogP contribution in [0.15, 0.2) is 182 Å². The number of nitrogens with zero attached hydrogens (tertiary/aromatic N) is 2. The van der Waals surface area contributed by atoms with Crippen molar-refractivity contribution in [2.24, 2.45) is 0 Å². The molecule has 2 heteroatoms. The third-order valence-electron chi connectivity index (χ3n) is 9.87. The van der Waals surface area contributed by atoms with Gasteiger partial charge in [0.25, 0.3) is 0 Å². The van der Waals surface area contributed by atoms with Crippen molar-refractivity contribution in [2.75, 3.05) is 0 Å². The Morgan fingerprint density at radius 3 is 1.50 bits per heavy atom. The molecule has 0 unspecified atom stereocenters. The molecular formula is C46H30N2. The molecule has 2 nitrogen and oxygen atoms in total. The highest BCUT2D eigenvalue weighted by Crippen LogP contribution is 2.43. The Kier molecular flexibility index (Phi) is 5.91. The van der Waals surface area contributed by atoms with Gasteiger partial charge in [0.15, 0.2) is 0 Å². The first-order valence-electron chi connectivity index (χ1n) is 16.5. The minimum Gasteiger partial charge on any atom is -0.309 e.